The maximum Gasteiger partial charge on any atom is 0.269 e. The number of nitro groups is 1. The van der Waals surface area contributed by atoms with E-state index < -0.39 is 4.92 Å². The van der Waals surface area contributed by atoms with Gasteiger partial charge in [0.2, 0.25) is 4.77 Å². The van der Waals surface area contributed by atoms with Crippen molar-refractivity contribution in [2.45, 2.75) is 0 Å². The Kier molecular flexibility index (Phi) is 4.07. The zero-order chi connectivity index (χ0) is 16.2. The van der Waals surface area contributed by atoms with Gasteiger partial charge in [-0.05, 0) is 29.9 Å². The smallest absolute Gasteiger partial charge is 0.258 e. The summed E-state index contributed by atoms with van der Waals surface area (Å²) in [6, 6.07) is 15.6. The van der Waals surface area contributed by atoms with Gasteiger partial charge in [-0.15, -0.1) is 0 Å². The Morgan fingerprint density at radius 1 is 1.17 bits per heavy atom. The number of hydrogen-bond acceptors (Lipinski definition) is 5. The Morgan fingerprint density at radius 2 is 1.87 bits per heavy atom. The summed E-state index contributed by atoms with van der Waals surface area (Å²) in [5.41, 5.74) is 1.63. The van der Waals surface area contributed by atoms with Crippen LogP contribution in [-0.4, -0.2) is 26.0 Å². The van der Waals surface area contributed by atoms with Gasteiger partial charge in [-0.1, -0.05) is 30.3 Å². The molecule has 0 saturated carbocycles. The minimum absolute atomic E-state index is 0.0343. The van der Waals surface area contributed by atoms with Crippen LogP contribution in [-0.2, 0) is 0 Å². The minimum atomic E-state index is -0.444. The van der Waals surface area contributed by atoms with Crippen molar-refractivity contribution >= 4 is 24.1 Å². The molecule has 0 aliphatic carbocycles. The third-order valence-electron chi connectivity index (χ3n) is 3.11. The Bertz CT molecular complexity index is 913. The van der Waals surface area contributed by atoms with E-state index >= 15 is 0 Å². The summed E-state index contributed by atoms with van der Waals surface area (Å²) < 4.78 is 1.87. The molecule has 0 fully saturated rings. The summed E-state index contributed by atoms with van der Waals surface area (Å²) in [5.74, 6) is 0.591. The van der Waals surface area contributed by atoms with Crippen LogP contribution in [0.25, 0.3) is 11.4 Å². The van der Waals surface area contributed by atoms with E-state index in [2.05, 4.69) is 15.3 Å². The fourth-order valence-electron chi connectivity index (χ4n) is 1.98. The summed E-state index contributed by atoms with van der Waals surface area (Å²) in [7, 11) is 0. The van der Waals surface area contributed by atoms with Gasteiger partial charge in [0, 0.05) is 17.7 Å². The molecular weight excluding hydrogens is 314 g/mol. The largest absolute Gasteiger partial charge is 0.269 e. The zero-order valence-electron chi connectivity index (χ0n) is 11.8. The molecule has 0 radical (unpaired) electrons. The minimum Gasteiger partial charge on any atom is -0.258 e. The number of H-pyrrole nitrogens is 1. The van der Waals surface area contributed by atoms with Crippen molar-refractivity contribution in [1.29, 1.82) is 0 Å². The number of aromatic amines is 1. The van der Waals surface area contributed by atoms with Crippen molar-refractivity contribution in [2.24, 2.45) is 5.10 Å². The van der Waals surface area contributed by atoms with Crippen molar-refractivity contribution in [1.82, 2.24) is 14.9 Å². The summed E-state index contributed by atoms with van der Waals surface area (Å²) >= 11 is 5.19. The molecule has 0 bridgehead atoms. The van der Waals surface area contributed by atoms with E-state index in [1.165, 1.54) is 16.8 Å². The van der Waals surface area contributed by atoms with Crippen LogP contribution in [0, 0.1) is 14.9 Å². The van der Waals surface area contributed by atoms with Crippen LogP contribution in [0.4, 0.5) is 5.69 Å². The predicted octanol–water partition coefficient (Wildman–Crippen LogP) is 3.40. The lowest BCUT2D eigenvalue weighted by atomic mass is 10.2. The molecule has 1 aromatic heterocycles. The summed E-state index contributed by atoms with van der Waals surface area (Å²) in [4.78, 5) is 10.2. The highest BCUT2D eigenvalue weighted by Crippen LogP contribution is 2.16. The van der Waals surface area contributed by atoms with Crippen LogP contribution in [0.15, 0.2) is 59.7 Å². The number of benzene rings is 2. The fourth-order valence-corrected chi connectivity index (χ4v) is 2.16. The lowest BCUT2D eigenvalue weighted by Gasteiger charge is -2.00. The second-order valence-corrected chi connectivity index (χ2v) is 5.01. The molecule has 0 aliphatic rings. The van der Waals surface area contributed by atoms with E-state index in [1.54, 1.807) is 18.3 Å². The molecule has 23 heavy (non-hydrogen) atoms. The standard InChI is InChI=1S/C15H11N5O2S/c21-20(22)13-8-6-11(7-9-13)10-16-19-14(17-18-15(19)23)12-4-2-1-3-5-12/h1-10H,(H,18,23)/b16-10-. The van der Waals surface area contributed by atoms with Crippen molar-refractivity contribution in [2.75, 3.05) is 0 Å². The van der Waals surface area contributed by atoms with Crippen LogP contribution in [0.2, 0.25) is 0 Å². The van der Waals surface area contributed by atoms with Gasteiger partial charge in [-0.2, -0.15) is 14.9 Å². The number of nitro benzene ring substituents is 1. The molecule has 3 aromatic rings. The first-order valence-electron chi connectivity index (χ1n) is 6.67. The van der Waals surface area contributed by atoms with Gasteiger partial charge in [-0.3, -0.25) is 10.1 Å². The molecular formula is C15H11N5O2S. The van der Waals surface area contributed by atoms with Crippen molar-refractivity contribution in [3.8, 4) is 11.4 Å². The van der Waals surface area contributed by atoms with Crippen LogP contribution in [0.5, 0.6) is 0 Å². The summed E-state index contributed by atoms with van der Waals surface area (Å²) in [6.07, 6.45) is 1.57. The van der Waals surface area contributed by atoms with Crippen LogP contribution in [0.3, 0.4) is 0 Å². The molecule has 7 nitrogen and oxygen atoms in total. The third kappa shape index (κ3) is 3.22. The van der Waals surface area contributed by atoms with Crippen molar-refractivity contribution in [3.63, 3.8) is 0 Å². The summed E-state index contributed by atoms with van der Waals surface area (Å²) in [5, 5.41) is 21.8. The molecule has 0 saturated heterocycles. The topological polar surface area (TPSA) is 89.1 Å². The Hall–Kier alpha value is -3.13. The molecule has 2 aromatic carbocycles. The molecule has 0 spiro atoms. The Morgan fingerprint density at radius 3 is 2.52 bits per heavy atom. The second kappa shape index (κ2) is 6.32. The first-order chi connectivity index (χ1) is 11.1. The van der Waals surface area contributed by atoms with E-state index in [0.717, 1.165) is 11.1 Å². The SMILES string of the molecule is O=[N+]([O-])c1ccc(/C=N\n2c(-c3ccccc3)n[nH]c2=S)cc1. The van der Waals surface area contributed by atoms with Gasteiger partial charge < -0.3 is 0 Å². The number of aromatic nitrogens is 3. The molecule has 0 atom stereocenters. The van der Waals surface area contributed by atoms with Gasteiger partial charge in [0.05, 0.1) is 11.1 Å². The van der Waals surface area contributed by atoms with Crippen molar-refractivity contribution in [3.05, 3.63) is 75.0 Å². The van der Waals surface area contributed by atoms with Gasteiger partial charge in [0.15, 0.2) is 5.82 Å². The summed E-state index contributed by atoms with van der Waals surface area (Å²) in [6.45, 7) is 0. The number of nitrogens with zero attached hydrogens (tertiary/aromatic N) is 4. The quantitative estimate of drug-likeness (QED) is 0.344. The molecule has 0 aliphatic heterocycles. The molecule has 0 amide bonds. The molecule has 1 heterocycles. The van der Waals surface area contributed by atoms with Crippen LogP contribution >= 0.6 is 12.2 Å². The highest BCUT2D eigenvalue weighted by Gasteiger charge is 2.07. The maximum absolute atomic E-state index is 10.6. The van der Waals surface area contributed by atoms with E-state index in [9.17, 15) is 10.1 Å². The molecule has 0 unspecified atom stereocenters. The zero-order valence-corrected chi connectivity index (χ0v) is 12.6. The lowest BCUT2D eigenvalue weighted by molar-refractivity contribution is -0.384. The van der Waals surface area contributed by atoms with E-state index in [4.69, 9.17) is 12.2 Å². The second-order valence-electron chi connectivity index (χ2n) is 4.62. The highest BCUT2D eigenvalue weighted by atomic mass is 32.1. The number of rotatable bonds is 4. The van der Waals surface area contributed by atoms with E-state index in [-0.39, 0.29) is 5.69 Å². The lowest BCUT2D eigenvalue weighted by Crippen LogP contribution is -1.95. The average Bonchev–Trinajstić information content (AvgIpc) is 2.95. The van der Waals surface area contributed by atoms with Crippen LogP contribution < -0.4 is 0 Å². The fraction of sp³-hybridized carbons (Fsp3) is 0. The first kappa shape index (κ1) is 14.8. The monoisotopic (exact) mass is 325 g/mol. The van der Waals surface area contributed by atoms with E-state index in [0.29, 0.717) is 10.6 Å². The molecule has 3 rings (SSSR count). The molecule has 8 heteroatoms. The van der Waals surface area contributed by atoms with Crippen molar-refractivity contribution < 1.29 is 4.92 Å². The molecule has 1 N–H and O–H groups in total. The van der Waals surface area contributed by atoms with Gasteiger partial charge in [0.25, 0.3) is 5.69 Å². The van der Waals surface area contributed by atoms with Crippen LogP contribution in [0.1, 0.15) is 5.56 Å². The number of non-ortho nitro benzene ring substituents is 1. The number of nitrogens with one attached hydrogen (secondary N) is 1. The van der Waals surface area contributed by atoms with Gasteiger partial charge in [0.1, 0.15) is 0 Å². The molecule has 114 valence electrons. The number of hydrogen-bond donors (Lipinski definition) is 1. The first-order valence-corrected chi connectivity index (χ1v) is 7.07. The Balaban J connectivity index is 1.93. The van der Waals surface area contributed by atoms with Gasteiger partial charge >= 0.3 is 0 Å². The predicted molar refractivity (Wildman–Crippen MR) is 88.9 cm³/mol. The third-order valence-corrected chi connectivity index (χ3v) is 3.37. The average molecular weight is 325 g/mol. The van der Waals surface area contributed by atoms with E-state index in [1.807, 2.05) is 30.3 Å². The van der Waals surface area contributed by atoms with Gasteiger partial charge in [-0.25, -0.2) is 5.10 Å². The Labute approximate surface area is 136 Å². The highest BCUT2D eigenvalue weighted by molar-refractivity contribution is 7.71. The normalized spacial score (nSPS) is 11.0. The maximum atomic E-state index is 10.6.